The molecule has 3 heterocycles. The Balaban J connectivity index is 1.18. The van der Waals surface area contributed by atoms with Crippen LogP contribution >= 0.6 is 0 Å². The van der Waals surface area contributed by atoms with Gasteiger partial charge < -0.3 is 14.3 Å². The van der Waals surface area contributed by atoms with E-state index < -0.39 is 0 Å². The number of aromatic nitrogens is 2. The Labute approximate surface area is 153 Å². The first-order chi connectivity index (χ1) is 12.9. The van der Waals surface area contributed by atoms with Crippen LogP contribution in [-0.4, -0.2) is 40.7 Å². The fourth-order valence-electron chi connectivity index (χ4n) is 3.36. The van der Waals surface area contributed by atoms with Gasteiger partial charge in [-0.25, -0.2) is 0 Å². The second-order valence-electron chi connectivity index (χ2n) is 6.72. The Morgan fingerprint density at radius 2 is 1.92 bits per heavy atom. The number of benzene rings is 1. The van der Waals surface area contributed by atoms with Crippen molar-refractivity contribution in [1.82, 2.24) is 20.4 Å². The molecule has 1 fully saturated rings. The molecule has 0 radical (unpaired) electrons. The fourth-order valence-corrected chi connectivity index (χ4v) is 3.36. The molecule has 136 valence electrons. The zero-order valence-corrected chi connectivity index (χ0v) is 14.8. The molecule has 0 aliphatic carbocycles. The average Bonchev–Trinajstić information content (AvgIpc) is 3.36. The highest BCUT2D eigenvalue weighted by Gasteiger charge is 2.19. The highest BCUT2D eigenvalue weighted by atomic mass is 16.5. The molecule has 0 atom stereocenters. The largest absolute Gasteiger partial charge is 0.468 e. The SMILES string of the molecule is c1ccc(-c2nc(CCNC3CCN(Cc4ccco4)CC3)no2)cc1. The van der Waals surface area contributed by atoms with E-state index in [2.05, 4.69) is 20.4 Å². The van der Waals surface area contributed by atoms with Crippen molar-refractivity contribution in [2.75, 3.05) is 19.6 Å². The van der Waals surface area contributed by atoms with Gasteiger partial charge in [-0.05, 0) is 37.1 Å². The van der Waals surface area contributed by atoms with Gasteiger partial charge in [-0.15, -0.1) is 0 Å². The molecule has 1 N–H and O–H groups in total. The molecule has 3 aromatic rings. The fraction of sp³-hybridized carbons (Fsp3) is 0.400. The number of piperidine rings is 1. The van der Waals surface area contributed by atoms with Crippen molar-refractivity contribution in [1.29, 1.82) is 0 Å². The topological polar surface area (TPSA) is 67.3 Å². The number of likely N-dealkylation sites (tertiary alicyclic amines) is 1. The summed E-state index contributed by atoms with van der Waals surface area (Å²) in [6.45, 7) is 3.97. The molecule has 0 spiro atoms. The molecule has 26 heavy (non-hydrogen) atoms. The molecule has 1 aliphatic heterocycles. The smallest absolute Gasteiger partial charge is 0.257 e. The van der Waals surface area contributed by atoms with Crippen molar-refractivity contribution in [3.8, 4) is 11.5 Å². The third-order valence-corrected chi connectivity index (χ3v) is 4.82. The Kier molecular flexibility index (Phi) is 5.42. The second kappa shape index (κ2) is 8.29. The molecular formula is C20H24N4O2. The summed E-state index contributed by atoms with van der Waals surface area (Å²) in [7, 11) is 0. The van der Waals surface area contributed by atoms with Gasteiger partial charge in [0.1, 0.15) is 5.76 Å². The Bertz CT molecular complexity index is 777. The van der Waals surface area contributed by atoms with Crippen molar-refractivity contribution in [3.05, 3.63) is 60.3 Å². The van der Waals surface area contributed by atoms with E-state index >= 15 is 0 Å². The minimum Gasteiger partial charge on any atom is -0.468 e. The summed E-state index contributed by atoms with van der Waals surface area (Å²) in [5.41, 5.74) is 0.961. The lowest BCUT2D eigenvalue weighted by molar-refractivity contribution is 0.179. The van der Waals surface area contributed by atoms with Crippen LogP contribution in [0.4, 0.5) is 0 Å². The molecule has 6 heteroatoms. The molecule has 2 aromatic heterocycles. The first kappa shape index (κ1) is 17.0. The second-order valence-corrected chi connectivity index (χ2v) is 6.72. The van der Waals surface area contributed by atoms with Gasteiger partial charge in [0.25, 0.3) is 5.89 Å². The van der Waals surface area contributed by atoms with Crippen LogP contribution in [0.15, 0.2) is 57.7 Å². The lowest BCUT2D eigenvalue weighted by Crippen LogP contribution is -2.42. The van der Waals surface area contributed by atoms with Crippen molar-refractivity contribution >= 4 is 0 Å². The van der Waals surface area contributed by atoms with Crippen molar-refractivity contribution in [2.45, 2.75) is 31.8 Å². The quantitative estimate of drug-likeness (QED) is 0.705. The van der Waals surface area contributed by atoms with E-state index in [0.717, 1.165) is 62.6 Å². The molecule has 0 saturated carbocycles. The van der Waals surface area contributed by atoms with Crippen molar-refractivity contribution < 1.29 is 8.94 Å². The molecule has 6 nitrogen and oxygen atoms in total. The molecule has 4 rings (SSSR count). The van der Waals surface area contributed by atoms with Crippen LogP contribution in [0.25, 0.3) is 11.5 Å². The third kappa shape index (κ3) is 4.39. The van der Waals surface area contributed by atoms with Crippen LogP contribution in [0.2, 0.25) is 0 Å². The summed E-state index contributed by atoms with van der Waals surface area (Å²) in [6.07, 6.45) is 4.83. The third-order valence-electron chi connectivity index (χ3n) is 4.82. The lowest BCUT2D eigenvalue weighted by atomic mass is 10.0. The summed E-state index contributed by atoms with van der Waals surface area (Å²) in [5.74, 6) is 2.39. The molecule has 0 unspecified atom stereocenters. The highest BCUT2D eigenvalue weighted by molar-refractivity contribution is 5.51. The van der Waals surface area contributed by atoms with Gasteiger partial charge in [-0.2, -0.15) is 4.98 Å². The molecule has 1 aromatic carbocycles. The Morgan fingerprint density at radius 1 is 1.08 bits per heavy atom. The first-order valence-corrected chi connectivity index (χ1v) is 9.23. The van der Waals surface area contributed by atoms with E-state index in [9.17, 15) is 0 Å². The van der Waals surface area contributed by atoms with E-state index in [1.165, 1.54) is 0 Å². The summed E-state index contributed by atoms with van der Waals surface area (Å²) in [5, 5.41) is 7.71. The molecule has 1 aliphatic rings. The monoisotopic (exact) mass is 352 g/mol. The van der Waals surface area contributed by atoms with Gasteiger partial charge in [0.2, 0.25) is 0 Å². The van der Waals surface area contributed by atoms with Crippen molar-refractivity contribution in [3.63, 3.8) is 0 Å². The summed E-state index contributed by atoms with van der Waals surface area (Å²) >= 11 is 0. The maximum atomic E-state index is 5.43. The number of hydrogen-bond donors (Lipinski definition) is 1. The predicted molar refractivity (Wildman–Crippen MR) is 98.4 cm³/mol. The van der Waals surface area contributed by atoms with Crippen molar-refractivity contribution in [2.24, 2.45) is 0 Å². The number of hydrogen-bond acceptors (Lipinski definition) is 6. The molecule has 0 amide bonds. The van der Waals surface area contributed by atoms with E-state index in [0.29, 0.717) is 11.9 Å². The van der Waals surface area contributed by atoms with Gasteiger partial charge >= 0.3 is 0 Å². The molecule has 0 bridgehead atoms. The van der Waals surface area contributed by atoms with E-state index in [-0.39, 0.29) is 0 Å². The first-order valence-electron chi connectivity index (χ1n) is 9.23. The zero-order chi connectivity index (χ0) is 17.6. The normalized spacial score (nSPS) is 16.2. The standard InChI is InChI=1S/C20H24N4O2/c1-2-5-16(6-3-1)20-22-19(23-26-20)8-11-21-17-9-12-24(13-10-17)15-18-7-4-14-25-18/h1-7,14,17,21H,8-13,15H2. The van der Waals surface area contributed by atoms with Crippen LogP contribution in [0.1, 0.15) is 24.4 Å². The van der Waals surface area contributed by atoms with Crippen LogP contribution in [0, 0.1) is 0 Å². The van der Waals surface area contributed by atoms with Crippen LogP contribution in [-0.2, 0) is 13.0 Å². The minimum atomic E-state index is 0.559. The number of furan rings is 1. The van der Waals surface area contributed by atoms with E-state index in [4.69, 9.17) is 8.94 Å². The van der Waals surface area contributed by atoms with Crippen LogP contribution in [0.5, 0.6) is 0 Å². The molecular weight excluding hydrogens is 328 g/mol. The number of nitrogens with one attached hydrogen (secondary N) is 1. The van der Waals surface area contributed by atoms with Crippen LogP contribution < -0.4 is 5.32 Å². The summed E-state index contributed by atoms with van der Waals surface area (Å²) in [4.78, 5) is 6.93. The summed E-state index contributed by atoms with van der Waals surface area (Å²) < 4.78 is 10.8. The Hall–Kier alpha value is -2.44. The number of nitrogens with zero attached hydrogens (tertiary/aromatic N) is 3. The minimum absolute atomic E-state index is 0.559. The maximum Gasteiger partial charge on any atom is 0.257 e. The van der Waals surface area contributed by atoms with Gasteiger partial charge in [-0.3, -0.25) is 4.90 Å². The van der Waals surface area contributed by atoms with Gasteiger partial charge in [0.05, 0.1) is 12.8 Å². The van der Waals surface area contributed by atoms with Crippen LogP contribution in [0.3, 0.4) is 0 Å². The number of rotatable bonds is 7. The summed E-state index contributed by atoms with van der Waals surface area (Å²) in [6, 6.07) is 14.4. The van der Waals surface area contributed by atoms with Gasteiger partial charge in [0, 0.05) is 37.7 Å². The van der Waals surface area contributed by atoms with Gasteiger partial charge in [-0.1, -0.05) is 23.4 Å². The Morgan fingerprint density at radius 3 is 2.69 bits per heavy atom. The van der Waals surface area contributed by atoms with Gasteiger partial charge in [0.15, 0.2) is 5.82 Å². The van der Waals surface area contributed by atoms with E-state index in [1.807, 2.05) is 42.5 Å². The molecule has 1 saturated heterocycles. The predicted octanol–water partition coefficient (Wildman–Crippen LogP) is 3.13. The highest BCUT2D eigenvalue weighted by Crippen LogP contribution is 2.17. The maximum absolute atomic E-state index is 5.43. The van der Waals surface area contributed by atoms with E-state index in [1.54, 1.807) is 6.26 Å². The zero-order valence-electron chi connectivity index (χ0n) is 14.8. The lowest BCUT2D eigenvalue weighted by Gasteiger charge is -2.31. The average molecular weight is 352 g/mol.